The minimum atomic E-state index is -0.670. The van der Waals surface area contributed by atoms with Crippen molar-refractivity contribution in [2.45, 2.75) is 13.5 Å². The fourth-order valence-electron chi connectivity index (χ4n) is 3.29. The first-order chi connectivity index (χ1) is 16.5. The molecule has 168 valence electrons. The Labute approximate surface area is 194 Å². The number of ether oxygens (including phenoxy) is 1. The minimum absolute atomic E-state index is 0.144. The zero-order chi connectivity index (χ0) is 24.1. The number of aromatic nitrogens is 2. The number of fused-ring (bicyclic) bond motifs is 1. The zero-order valence-electron chi connectivity index (χ0n) is 18.2. The minimum Gasteiger partial charge on any atom is -0.435 e. The fourth-order valence-corrected chi connectivity index (χ4v) is 3.29. The Balaban J connectivity index is 1.79. The van der Waals surface area contributed by atoms with Gasteiger partial charge >= 0.3 is 0 Å². The highest BCUT2D eigenvalue weighted by molar-refractivity contribution is 6.01. The van der Waals surface area contributed by atoms with E-state index in [1.807, 2.05) is 36.4 Å². The number of halogens is 1. The Kier molecular flexibility index (Phi) is 6.46. The molecule has 0 spiro atoms. The number of hydrogen-bond acceptors (Lipinski definition) is 5. The summed E-state index contributed by atoms with van der Waals surface area (Å²) < 4.78 is 21.2. The first-order valence-corrected chi connectivity index (χ1v) is 10.4. The number of aryl methyl sites for hydroxylation is 1. The van der Waals surface area contributed by atoms with Crippen molar-refractivity contribution in [3.63, 3.8) is 0 Å². The normalized spacial score (nSPS) is 11.1. The first kappa shape index (κ1) is 22.4. The maximum Gasteiger partial charge on any atom is 0.269 e. The fraction of sp³-hybridized carbons (Fsp3) is 0.0769. The van der Waals surface area contributed by atoms with Crippen LogP contribution in [0, 0.1) is 24.1 Å². The zero-order valence-corrected chi connectivity index (χ0v) is 18.2. The molecule has 7 nitrogen and oxygen atoms in total. The highest BCUT2D eigenvalue weighted by Crippen LogP contribution is 2.26. The van der Waals surface area contributed by atoms with Gasteiger partial charge in [0.05, 0.1) is 0 Å². The molecule has 0 saturated heterocycles. The van der Waals surface area contributed by atoms with Gasteiger partial charge in [-0.3, -0.25) is 14.0 Å². The van der Waals surface area contributed by atoms with E-state index >= 15 is 0 Å². The molecule has 0 bridgehead atoms. The maximum absolute atomic E-state index is 14.3. The van der Waals surface area contributed by atoms with Crippen molar-refractivity contribution >= 4 is 17.6 Å². The molecule has 0 radical (unpaired) electrons. The highest BCUT2D eigenvalue weighted by Gasteiger charge is 2.19. The second-order valence-electron chi connectivity index (χ2n) is 7.39. The van der Waals surface area contributed by atoms with Crippen molar-refractivity contribution in [3.05, 3.63) is 111 Å². The van der Waals surface area contributed by atoms with Crippen molar-refractivity contribution in [2.24, 2.45) is 0 Å². The van der Waals surface area contributed by atoms with Gasteiger partial charge in [-0.05, 0) is 42.3 Å². The molecule has 4 aromatic rings. The van der Waals surface area contributed by atoms with Gasteiger partial charge in [0, 0.05) is 12.7 Å². The topological polar surface area (TPSA) is 96.5 Å². The molecule has 2 aromatic heterocycles. The summed E-state index contributed by atoms with van der Waals surface area (Å²) in [5.74, 6) is -1.68. The Morgan fingerprint density at radius 2 is 1.88 bits per heavy atom. The van der Waals surface area contributed by atoms with E-state index < -0.39 is 17.3 Å². The third-order valence-corrected chi connectivity index (χ3v) is 5.04. The third-order valence-electron chi connectivity index (χ3n) is 5.04. The molecular formula is C26H19FN4O3. The van der Waals surface area contributed by atoms with Crippen molar-refractivity contribution in [1.29, 1.82) is 5.26 Å². The Bertz CT molecular complexity index is 1500. The highest BCUT2D eigenvalue weighted by atomic mass is 19.1. The summed E-state index contributed by atoms with van der Waals surface area (Å²) in [5.41, 5.74) is 0.805. The number of amides is 1. The lowest BCUT2D eigenvalue weighted by Crippen LogP contribution is -2.25. The smallest absolute Gasteiger partial charge is 0.269 e. The van der Waals surface area contributed by atoms with Gasteiger partial charge < -0.3 is 10.1 Å². The van der Waals surface area contributed by atoms with Gasteiger partial charge in [-0.15, -0.1) is 0 Å². The Morgan fingerprint density at radius 1 is 1.15 bits per heavy atom. The Morgan fingerprint density at radius 3 is 2.62 bits per heavy atom. The van der Waals surface area contributed by atoms with Crippen LogP contribution in [0.1, 0.15) is 16.7 Å². The molecular weight excluding hydrogens is 435 g/mol. The molecule has 0 aliphatic rings. The molecule has 0 fully saturated rings. The van der Waals surface area contributed by atoms with Crippen LogP contribution in [-0.2, 0) is 11.3 Å². The molecule has 4 rings (SSSR count). The van der Waals surface area contributed by atoms with E-state index in [0.717, 1.165) is 11.6 Å². The summed E-state index contributed by atoms with van der Waals surface area (Å²) in [6.45, 7) is 1.97. The molecule has 0 atom stereocenters. The molecule has 1 amide bonds. The molecule has 0 saturated carbocycles. The van der Waals surface area contributed by atoms with Crippen molar-refractivity contribution < 1.29 is 13.9 Å². The SMILES string of the molecule is Cc1cccn2c(=O)c(C=C(C#N)C(=O)NCc3ccccc3)c(Oc3ccccc3F)nc12. The van der Waals surface area contributed by atoms with Gasteiger partial charge in [-0.2, -0.15) is 10.2 Å². The number of nitrogens with zero attached hydrogens (tertiary/aromatic N) is 3. The van der Waals surface area contributed by atoms with Gasteiger partial charge in [-0.1, -0.05) is 48.5 Å². The molecule has 0 aliphatic heterocycles. The van der Waals surface area contributed by atoms with Gasteiger partial charge in [0.1, 0.15) is 22.9 Å². The van der Waals surface area contributed by atoms with Crippen LogP contribution in [0.2, 0.25) is 0 Å². The van der Waals surface area contributed by atoms with Crippen LogP contribution in [0.4, 0.5) is 4.39 Å². The van der Waals surface area contributed by atoms with E-state index in [2.05, 4.69) is 10.3 Å². The largest absolute Gasteiger partial charge is 0.435 e. The van der Waals surface area contributed by atoms with Crippen LogP contribution in [0.15, 0.2) is 83.3 Å². The van der Waals surface area contributed by atoms with E-state index in [-0.39, 0.29) is 29.3 Å². The van der Waals surface area contributed by atoms with Crippen LogP contribution in [-0.4, -0.2) is 15.3 Å². The molecule has 0 unspecified atom stereocenters. The summed E-state index contributed by atoms with van der Waals surface area (Å²) in [6, 6.07) is 20.1. The number of para-hydroxylation sites is 1. The molecule has 34 heavy (non-hydrogen) atoms. The number of hydrogen-bond donors (Lipinski definition) is 1. The lowest BCUT2D eigenvalue weighted by Gasteiger charge is -2.12. The second-order valence-corrected chi connectivity index (χ2v) is 7.39. The van der Waals surface area contributed by atoms with Crippen LogP contribution in [0.5, 0.6) is 11.6 Å². The molecule has 2 aromatic carbocycles. The summed E-state index contributed by atoms with van der Waals surface area (Å²) in [6.07, 6.45) is 2.63. The van der Waals surface area contributed by atoms with Crippen LogP contribution < -0.4 is 15.6 Å². The number of carbonyl (C=O) groups excluding carboxylic acids is 1. The quantitative estimate of drug-likeness (QED) is 0.349. The maximum atomic E-state index is 14.3. The van der Waals surface area contributed by atoms with Gasteiger partial charge in [0.2, 0.25) is 5.88 Å². The van der Waals surface area contributed by atoms with Crippen molar-refractivity contribution in [3.8, 4) is 17.7 Å². The van der Waals surface area contributed by atoms with Crippen LogP contribution >= 0.6 is 0 Å². The lowest BCUT2D eigenvalue weighted by atomic mass is 10.1. The Hall–Kier alpha value is -4.77. The van der Waals surface area contributed by atoms with Gasteiger partial charge in [0.15, 0.2) is 11.6 Å². The van der Waals surface area contributed by atoms with E-state index in [1.165, 1.54) is 28.8 Å². The third kappa shape index (κ3) is 4.69. The average Bonchev–Trinajstić information content (AvgIpc) is 2.85. The predicted molar refractivity (Wildman–Crippen MR) is 125 cm³/mol. The van der Waals surface area contributed by atoms with Crippen LogP contribution in [0.3, 0.4) is 0 Å². The number of nitrogens with one attached hydrogen (secondary N) is 1. The van der Waals surface area contributed by atoms with Crippen molar-refractivity contribution in [2.75, 3.05) is 0 Å². The summed E-state index contributed by atoms with van der Waals surface area (Å²) >= 11 is 0. The summed E-state index contributed by atoms with van der Waals surface area (Å²) in [7, 11) is 0. The summed E-state index contributed by atoms with van der Waals surface area (Å²) in [4.78, 5) is 30.4. The molecule has 0 aliphatic carbocycles. The van der Waals surface area contributed by atoms with E-state index in [0.29, 0.717) is 11.2 Å². The number of rotatable bonds is 6. The first-order valence-electron chi connectivity index (χ1n) is 10.4. The number of benzene rings is 2. The van der Waals surface area contributed by atoms with E-state index in [1.54, 1.807) is 25.1 Å². The second kappa shape index (κ2) is 9.79. The van der Waals surface area contributed by atoms with E-state index in [4.69, 9.17) is 4.74 Å². The van der Waals surface area contributed by atoms with Crippen molar-refractivity contribution in [1.82, 2.24) is 14.7 Å². The number of carbonyl (C=O) groups is 1. The van der Waals surface area contributed by atoms with Gasteiger partial charge in [-0.25, -0.2) is 4.39 Å². The standard InChI is InChI=1S/C26H19FN4O3/c1-17-8-7-13-31-23(17)30-25(34-22-12-6-5-11-21(22)27)20(26(31)33)14-19(15-28)24(32)29-16-18-9-3-2-4-10-18/h2-14H,16H2,1H3,(H,29,32). The van der Waals surface area contributed by atoms with E-state index in [9.17, 15) is 19.2 Å². The molecule has 1 N–H and O–H groups in total. The number of nitriles is 1. The van der Waals surface area contributed by atoms with Gasteiger partial charge in [0.25, 0.3) is 11.5 Å². The lowest BCUT2D eigenvalue weighted by molar-refractivity contribution is -0.117. The predicted octanol–water partition coefficient (Wildman–Crippen LogP) is 4.16. The molecule has 2 heterocycles. The average molecular weight is 454 g/mol. The van der Waals surface area contributed by atoms with Crippen LogP contribution in [0.25, 0.3) is 11.7 Å². The summed E-state index contributed by atoms with van der Waals surface area (Å²) in [5, 5.41) is 12.3. The monoisotopic (exact) mass is 454 g/mol. The molecule has 8 heteroatoms. The number of pyridine rings is 1.